The van der Waals surface area contributed by atoms with Gasteiger partial charge in [0.05, 0.1) is 55.6 Å². The smallest absolute Gasteiger partial charge is 0.228 e. The fraction of sp³-hybridized carbons (Fsp3) is 0.871. The highest BCUT2D eigenvalue weighted by atomic mass is 19.1. The van der Waals surface area contributed by atoms with Crippen LogP contribution in [-0.4, -0.2) is 85.9 Å². The summed E-state index contributed by atoms with van der Waals surface area (Å²) in [4.78, 5) is 21.2. The Hall–Kier alpha value is -1.59. The van der Waals surface area contributed by atoms with Crippen molar-refractivity contribution in [1.29, 1.82) is 0 Å². The van der Waals surface area contributed by atoms with Crippen molar-refractivity contribution in [2.24, 2.45) is 27.8 Å². The lowest BCUT2D eigenvalue weighted by Crippen LogP contribution is -2.64. The molecule has 0 aromatic rings. The van der Waals surface area contributed by atoms with E-state index in [9.17, 15) is 9.18 Å². The molecule has 9 nitrogen and oxygen atoms in total. The Morgan fingerprint density at radius 2 is 2.02 bits per heavy atom. The minimum atomic E-state index is -0.896. The van der Waals surface area contributed by atoms with Gasteiger partial charge in [-0.05, 0) is 43.9 Å². The minimum Gasteiger partial charge on any atom is -0.385 e. The molecule has 4 heterocycles. The molecule has 5 atom stereocenters. The van der Waals surface area contributed by atoms with Crippen molar-refractivity contribution in [1.82, 2.24) is 15.5 Å². The summed E-state index contributed by atoms with van der Waals surface area (Å²) in [5, 5.41) is 6.52. The van der Waals surface area contributed by atoms with E-state index >= 15 is 0 Å². The number of halogens is 1. The SMILES string of the molecule is CCCCC1(OC2CCN(C3COC3)CC2)CC=NCC1NC(=O)C(C(N)N)C1CC(C)(CCC)CC/C(F)=C\N1. The number of ether oxygens (including phenoxy) is 2. The van der Waals surface area contributed by atoms with Gasteiger partial charge in [-0.25, -0.2) is 4.39 Å². The fourth-order valence-electron chi connectivity index (χ4n) is 7.29. The molecule has 41 heavy (non-hydrogen) atoms. The molecule has 2 fully saturated rings. The van der Waals surface area contributed by atoms with Gasteiger partial charge in [-0.15, -0.1) is 0 Å². The standard InChI is InChI=1S/C31H55FN6O3/c1-4-6-11-31(41-24-8-15-38(16-9-24)23-20-40-21-23)13-14-35-19-26(31)37-29(39)27(28(33)34)25-17-30(3,10-5-2)12-7-22(32)18-36-25/h14,18,23-28,36H,4-13,15-17,19-21,33-34H2,1-3H3,(H,37,39)/b22-18+. The van der Waals surface area contributed by atoms with Crippen LogP contribution in [0.15, 0.2) is 17.0 Å². The molecule has 0 aromatic carbocycles. The van der Waals surface area contributed by atoms with E-state index in [1.54, 1.807) is 0 Å². The van der Waals surface area contributed by atoms with Crippen LogP contribution in [0, 0.1) is 11.3 Å². The second-order valence-corrected chi connectivity index (χ2v) is 13.3. The van der Waals surface area contributed by atoms with E-state index in [-0.39, 0.29) is 35.3 Å². The first kappa shape index (κ1) is 32.3. The van der Waals surface area contributed by atoms with Crippen LogP contribution in [0.1, 0.15) is 91.4 Å². The van der Waals surface area contributed by atoms with Gasteiger partial charge in [-0.1, -0.05) is 40.0 Å². The molecule has 6 N–H and O–H groups in total. The van der Waals surface area contributed by atoms with E-state index in [2.05, 4.69) is 41.3 Å². The normalized spacial score (nSPS) is 34.2. The number of rotatable bonds is 12. The molecule has 0 saturated carbocycles. The second-order valence-electron chi connectivity index (χ2n) is 13.3. The van der Waals surface area contributed by atoms with Crippen molar-refractivity contribution in [3.63, 3.8) is 0 Å². The lowest BCUT2D eigenvalue weighted by molar-refractivity contribution is -0.150. The van der Waals surface area contributed by atoms with Crippen molar-refractivity contribution < 1.29 is 18.7 Å². The number of carbonyl (C=O) groups excluding carboxylic acids is 1. The van der Waals surface area contributed by atoms with Crippen LogP contribution in [0.5, 0.6) is 0 Å². The third kappa shape index (κ3) is 8.28. The van der Waals surface area contributed by atoms with E-state index in [0.717, 1.165) is 77.7 Å². The molecule has 4 aliphatic heterocycles. The monoisotopic (exact) mass is 578 g/mol. The molecule has 0 aliphatic carbocycles. The highest BCUT2D eigenvalue weighted by molar-refractivity contribution is 5.81. The molecule has 1 amide bonds. The first-order valence-corrected chi connectivity index (χ1v) is 16.1. The summed E-state index contributed by atoms with van der Waals surface area (Å²) in [6, 6.07) is -0.121. The number of carbonyl (C=O) groups is 1. The van der Waals surface area contributed by atoms with Gasteiger partial charge in [0, 0.05) is 44.4 Å². The lowest BCUT2D eigenvalue weighted by atomic mass is 9.72. The Labute approximate surface area is 246 Å². The van der Waals surface area contributed by atoms with Gasteiger partial charge in [-0.3, -0.25) is 14.7 Å². The van der Waals surface area contributed by atoms with Gasteiger partial charge < -0.3 is 31.6 Å². The van der Waals surface area contributed by atoms with Crippen LogP contribution in [0.25, 0.3) is 0 Å². The van der Waals surface area contributed by atoms with E-state index < -0.39 is 17.7 Å². The Morgan fingerprint density at radius 3 is 2.66 bits per heavy atom. The van der Waals surface area contributed by atoms with Gasteiger partial charge in [0.25, 0.3) is 0 Å². The Kier molecular flexibility index (Phi) is 11.6. The van der Waals surface area contributed by atoms with Gasteiger partial charge in [0.1, 0.15) is 5.83 Å². The maximum atomic E-state index is 14.5. The topological polar surface area (TPSA) is 127 Å². The molecular formula is C31H55FN6O3. The Bertz CT molecular complexity index is 906. The predicted octanol–water partition coefficient (Wildman–Crippen LogP) is 3.37. The zero-order valence-electron chi connectivity index (χ0n) is 25.6. The van der Waals surface area contributed by atoms with E-state index in [1.165, 1.54) is 6.20 Å². The first-order chi connectivity index (χ1) is 19.7. The summed E-state index contributed by atoms with van der Waals surface area (Å²) >= 11 is 0. The van der Waals surface area contributed by atoms with Crippen molar-refractivity contribution in [3.8, 4) is 0 Å². The summed E-state index contributed by atoms with van der Waals surface area (Å²) in [6.07, 6.45) is 11.9. The number of piperidine rings is 1. The summed E-state index contributed by atoms with van der Waals surface area (Å²) in [5.41, 5.74) is 12.0. The second kappa shape index (κ2) is 14.7. The predicted molar refractivity (Wildman–Crippen MR) is 161 cm³/mol. The molecule has 4 rings (SSSR count). The van der Waals surface area contributed by atoms with Crippen LogP contribution in [0.3, 0.4) is 0 Å². The van der Waals surface area contributed by atoms with Crippen LogP contribution in [0.2, 0.25) is 0 Å². The Balaban J connectivity index is 1.50. The number of nitrogens with two attached hydrogens (primary N) is 2. The number of unbranched alkanes of at least 4 members (excludes halogenated alkanes) is 1. The van der Waals surface area contributed by atoms with Gasteiger partial charge in [0.15, 0.2) is 0 Å². The summed E-state index contributed by atoms with van der Waals surface area (Å²) < 4.78 is 27.0. The number of allylic oxidation sites excluding steroid dienone is 1. The van der Waals surface area contributed by atoms with Gasteiger partial charge >= 0.3 is 0 Å². The minimum absolute atomic E-state index is 0.116. The van der Waals surface area contributed by atoms with E-state index in [4.69, 9.17) is 20.9 Å². The average molecular weight is 579 g/mol. The number of likely N-dealkylation sites (tertiary alicyclic amines) is 1. The molecule has 4 aliphatic rings. The number of nitrogens with one attached hydrogen (secondary N) is 2. The van der Waals surface area contributed by atoms with Crippen LogP contribution >= 0.6 is 0 Å². The Morgan fingerprint density at radius 1 is 1.27 bits per heavy atom. The molecule has 0 radical (unpaired) electrons. The van der Waals surface area contributed by atoms with Crippen molar-refractivity contribution in [2.75, 3.05) is 32.8 Å². The zero-order valence-corrected chi connectivity index (χ0v) is 25.6. The largest absolute Gasteiger partial charge is 0.385 e. The first-order valence-electron chi connectivity index (χ1n) is 16.1. The quantitative estimate of drug-likeness (QED) is 0.262. The van der Waals surface area contributed by atoms with Crippen molar-refractivity contribution >= 4 is 12.1 Å². The number of hydrogen-bond acceptors (Lipinski definition) is 8. The maximum absolute atomic E-state index is 14.5. The number of nitrogens with zero attached hydrogens (tertiary/aromatic N) is 2. The number of amides is 1. The van der Waals surface area contributed by atoms with Crippen molar-refractivity contribution in [2.45, 2.75) is 127 Å². The lowest BCUT2D eigenvalue weighted by Gasteiger charge is -2.47. The van der Waals surface area contributed by atoms with Crippen molar-refractivity contribution in [3.05, 3.63) is 12.0 Å². The van der Waals surface area contributed by atoms with Gasteiger partial charge in [0.2, 0.25) is 5.91 Å². The molecule has 10 heteroatoms. The van der Waals surface area contributed by atoms with Crippen LogP contribution < -0.4 is 22.1 Å². The number of aliphatic imine (C=N–C) groups is 1. The molecule has 2 saturated heterocycles. The fourth-order valence-corrected chi connectivity index (χ4v) is 7.29. The summed E-state index contributed by atoms with van der Waals surface area (Å²) in [7, 11) is 0. The molecule has 234 valence electrons. The molecule has 5 unspecified atom stereocenters. The highest BCUT2D eigenvalue weighted by Gasteiger charge is 2.46. The van der Waals surface area contributed by atoms with Crippen LogP contribution in [0.4, 0.5) is 4.39 Å². The molecule has 0 bridgehead atoms. The molecule has 0 spiro atoms. The third-order valence-corrected chi connectivity index (χ3v) is 9.91. The summed E-state index contributed by atoms with van der Waals surface area (Å²) in [5.74, 6) is -1.14. The zero-order chi connectivity index (χ0) is 29.5. The molecular weight excluding hydrogens is 523 g/mol. The summed E-state index contributed by atoms with van der Waals surface area (Å²) in [6.45, 7) is 10.6. The van der Waals surface area contributed by atoms with E-state index in [0.29, 0.717) is 31.8 Å². The average Bonchev–Trinajstić information content (AvgIpc) is 2.90. The van der Waals surface area contributed by atoms with Crippen LogP contribution in [-0.2, 0) is 14.3 Å². The number of hydrogen-bond donors (Lipinski definition) is 4. The third-order valence-electron chi connectivity index (χ3n) is 9.91. The van der Waals surface area contributed by atoms with E-state index in [1.807, 2.05) is 6.21 Å². The highest BCUT2D eigenvalue weighted by Crippen LogP contribution is 2.39. The maximum Gasteiger partial charge on any atom is 0.228 e. The van der Waals surface area contributed by atoms with Gasteiger partial charge in [-0.2, -0.15) is 0 Å². The molecule has 0 aromatic heterocycles.